The Morgan fingerprint density at radius 3 is 2.54 bits per heavy atom. The van der Waals surface area contributed by atoms with Crippen LogP contribution >= 0.6 is 35.3 Å². The van der Waals surface area contributed by atoms with Gasteiger partial charge >= 0.3 is 12.3 Å². The van der Waals surface area contributed by atoms with Crippen molar-refractivity contribution in [1.82, 2.24) is 20.5 Å². The summed E-state index contributed by atoms with van der Waals surface area (Å²) in [6.45, 7) is 6.83. The SMILES string of the molecule is CN=C(NCCc1nc(C(F)(F)F)cs1)NC1CN(C(=O)OC(C)(C)C)C1.I. The highest BCUT2D eigenvalue weighted by atomic mass is 127. The molecule has 0 saturated carbocycles. The first-order valence-corrected chi connectivity index (χ1v) is 9.32. The van der Waals surface area contributed by atoms with E-state index in [9.17, 15) is 18.0 Å². The van der Waals surface area contributed by atoms with Gasteiger partial charge in [0.05, 0.1) is 11.0 Å². The number of ether oxygens (including phenoxy) is 1. The predicted molar refractivity (Wildman–Crippen MR) is 112 cm³/mol. The van der Waals surface area contributed by atoms with Crippen LogP contribution in [0.2, 0.25) is 0 Å². The van der Waals surface area contributed by atoms with Crippen molar-refractivity contribution in [3.63, 3.8) is 0 Å². The number of carbonyl (C=O) groups is 1. The monoisotopic (exact) mass is 535 g/mol. The van der Waals surface area contributed by atoms with Crippen LogP contribution in [0.15, 0.2) is 10.4 Å². The van der Waals surface area contributed by atoms with Gasteiger partial charge in [0.2, 0.25) is 0 Å². The Balaban J connectivity index is 0.00000392. The minimum atomic E-state index is -4.41. The van der Waals surface area contributed by atoms with Crippen LogP contribution in [-0.4, -0.2) is 60.3 Å². The first-order valence-electron chi connectivity index (χ1n) is 8.44. The van der Waals surface area contributed by atoms with E-state index in [2.05, 4.69) is 20.6 Å². The molecule has 1 aromatic heterocycles. The van der Waals surface area contributed by atoms with E-state index >= 15 is 0 Å². The van der Waals surface area contributed by atoms with Crippen LogP contribution in [-0.2, 0) is 17.3 Å². The summed E-state index contributed by atoms with van der Waals surface area (Å²) < 4.78 is 42.9. The fourth-order valence-corrected chi connectivity index (χ4v) is 3.08. The second-order valence-corrected chi connectivity index (χ2v) is 8.04. The average molecular weight is 535 g/mol. The third-order valence-electron chi connectivity index (χ3n) is 3.57. The van der Waals surface area contributed by atoms with E-state index in [-0.39, 0.29) is 36.1 Å². The van der Waals surface area contributed by atoms with Gasteiger partial charge in [-0.1, -0.05) is 0 Å². The van der Waals surface area contributed by atoms with E-state index in [4.69, 9.17) is 4.74 Å². The Hall–Kier alpha value is -1.31. The standard InChI is InChI=1S/C16H24F3N5O2S.HI/c1-15(2,3)26-14(25)24-7-10(8-24)22-13(20-4)21-6-5-12-23-11(9-27-12)16(17,18)19;/h9-10H,5-8H2,1-4H3,(H2,20,21,22);1H. The zero-order valence-corrected chi connectivity index (χ0v) is 19.2. The molecule has 0 aliphatic carbocycles. The highest BCUT2D eigenvalue weighted by Gasteiger charge is 2.34. The van der Waals surface area contributed by atoms with E-state index in [0.717, 1.165) is 16.7 Å². The molecule has 1 aliphatic rings. The third-order valence-corrected chi connectivity index (χ3v) is 4.48. The summed E-state index contributed by atoms with van der Waals surface area (Å²) in [4.78, 5) is 21.1. The fourth-order valence-electron chi connectivity index (χ4n) is 2.28. The Morgan fingerprint density at radius 1 is 1.39 bits per heavy atom. The predicted octanol–water partition coefficient (Wildman–Crippen LogP) is 3.11. The number of likely N-dealkylation sites (tertiary alicyclic amines) is 1. The van der Waals surface area contributed by atoms with Gasteiger partial charge in [-0.25, -0.2) is 9.78 Å². The van der Waals surface area contributed by atoms with Crippen molar-refractivity contribution in [2.45, 2.75) is 45.0 Å². The number of hydrogen-bond acceptors (Lipinski definition) is 5. The van der Waals surface area contributed by atoms with Gasteiger partial charge in [0.25, 0.3) is 0 Å². The molecular formula is C16H25F3IN5O2S. The van der Waals surface area contributed by atoms with Crippen LogP contribution in [0, 0.1) is 0 Å². The van der Waals surface area contributed by atoms with Crippen molar-refractivity contribution in [1.29, 1.82) is 0 Å². The van der Waals surface area contributed by atoms with Crippen molar-refractivity contribution in [3.8, 4) is 0 Å². The Morgan fingerprint density at radius 2 is 2.04 bits per heavy atom. The maximum absolute atomic E-state index is 12.5. The minimum Gasteiger partial charge on any atom is -0.444 e. The van der Waals surface area contributed by atoms with Crippen LogP contribution in [0.5, 0.6) is 0 Å². The van der Waals surface area contributed by atoms with Crippen LogP contribution < -0.4 is 10.6 Å². The van der Waals surface area contributed by atoms with Crippen LogP contribution in [0.25, 0.3) is 0 Å². The molecule has 2 rings (SSSR count). The lowest BCUT2D eigenvalue weighted by molar-refractivity contribution is -0.140. The maximum Gasteiger partial charge on any atom is 0.434 e. The molecule has 1 amide bonds. The molecule has 0 unspecified atom stereocenters. The van der Waals surface area contributed by atoms with Crippen LogP contribution in [0.3, 0.4) is 0 Å². The normalized spacial score (nSPS) is 15.5. The summed E-state index contributed by atoms with van der Waals surface area (Å²) >= 11 is 0.984. The molecule has 0 atom stereocenters. The molecule has 2 N–H and O–H groups in total. The van der Waals surface area contributed by atoms with Gasteiger partial charge in [0.1, 0.15) is 5.60 Å². The van der Waals surface area contributed by atoms with Crippen LogP contribution in [0.4, 0.5) is 18.0 Å². The summed E-state index contributed by atoms with van der Waals surface area (Å²) in [6.07, 6.45) is -4.41. The lowest BCUT2D eigenvalue weighted by Gasteiger charge is -2.40. The number of aromatic nitrogens is 1. The second-order valence-electron chi connectivity index (χ2n) is 7.10. The van der Waals surface area contributed by atoms with E-state index < -0.39 is 17.5 Å². The minimum absolute atomic E-state index is 0. The van der Waals surface area contributed by atoms with Crippen molar-refractivity contribution >= 4 is 47.4 Å². The molecule has 0 spiro atoms. The molecular weight excluding hydrogens is 510 g/mol. The first kappa shape index (κ1) is 24.7. The maximum atomic E-state index is 12.5. The van der Waals surface area contributed by atoms with Crippen molar-refractivity contribution < 1.29 is 22.7 Å². The van der Waals surface area contributed by atoms with Crippen molar-refractivity contribution in [2.24, 2.45) is 4.99 Å². The molecule has 160 valence electrons. The van der Waals surface area contributed by atoms with Gasteiger partial charge in [-0.15, -0.1) is 35.3 Å². The number of aliphatic imine (C=N–C) groups is 1. The number of amides is 1. The number of thiazole rings is 1. The van der Waals surface area contributed by atoms with Gasteiger partial charge in [-0.2, -0.15) is 13.2 Å². The zero-order valence-electron chi connectivity index (χ0n) is 16.1. The summed E-state index contributed by atoms with van der Waals surface area (Å²) in [6, 6.07) is 0.0420. The van der Waals surface area contributed by atoms with E-state index in [1.807, 2.05) is 20.8 Å². The Bertz CT molecular complexity index is 685. The largest absolute Gasteiger partial charge is 0.444 e. The number of nitrogens with one attached hydrogen (secondary N) is 2. The molecule has 12 heteroatoms. The molecule has 1 fully saturated rings. The Labute approximate surface area is 183 Å². The van der Waals surface area contributed by atoms with Crippen molar-refractivity contribution in [3.05, 3.63) is 16.1 Å². The van der Waals surface area contributed by atoms with E-state index in [1.54, 1.807) is 11.9 Å². The average Bonchev–Trinajstić information content (AvgIpc) is 2.95. The number of carbonyl (C=O) groups excluding carboxylic acids is 1. The second kappa shape index (κ2) is 9.94. The van der Waals surface area contributed by atoms with Crippen LogP contribution in [0.1, 0.15) is 31.5 Å². The lowest BCUT2D eigenvalue weighted by Crippen LogP contribution is -2.63. The quantitative estimate of drug-likeness (QED) is 0.352. The van der Waals surface area contributed by atoms with E-state index in [0.29, 0.717) is 37.0 Å². The summed E-state index contributed by atoms with van der Waals surface area (Å²) in [5.41, 5.74) is -1.39. The third kappa shape index (κ3) is 7.60. The van der Waals surface area contributed by atoms with E-state index in [1.165, 1.54) is 0 Å². The van der Waals surface area contributed by atoms with Crippen molar-refractivity contribution in [2.75, 3.05) is 26.7 Å². The smallest absolute Gasteiger partial charge is 0.434 e. The van der Waals surface area contributed by atoms with Gasteiger partial charge in [-0.3, -0.25) is 4.99 Å². The molecule has 2 heterocycles. The molecule has 1 aromatic rings. The topological polar surface area (TPSA) is 78.9 Å². The summed E-state index contributed by atoms with van der Waals surface area (Å²) in [7, 11) is 1.60. The highest BCUT2D eigenvalue weighted by Crippen LogP contribution is 2.30. The molecule has 7 nitrogen and oxygen atoms in total. The fraction of sp³-hybridized carbons (Fsp3) is 0.688. The number of rotatable bonds is 4. The molecule has 28 heavy (non-hydrogen) atoms. The van der Waals surface area contributed by atoms with Gasteiger partial charge < -0.3 is 20.3 Å². The van der Waals surface area contributed by atoms with Gasteiger partial charge in [0, 0.05) is 38.5 Å². The zero-order chi connectivity index (χ0) is 20.2. The lowest BCUT2D eigenvalue weighted by atomic mass is 10.1. The number of guanidine groups is 1. The Kier molecular flexibility index (Phi) is 8.78. The molecule has 1 saturated heterocycles. The molecule has 0 aromatic carbocycles. The number of alkyl halides is 3. The van der Waals surface area contributed by atoms with Gasteiger partial charge in [0.15, 0.2) is 11.7 Å². The molecule has 0 radical (unpaired) electrons. The molecule has 0 bridgehead atoms. The van der Waals surface area contributed by atoms with Gasteiger partial charge in [-0.05, 0) is 20.8 Å². The summed E-state index contributed by atoms with van der Waals surface area (Å²) in [5, 5.41) is 7.62. The number of hydrogen-bond donors (Lipinski definition) is 2. The highest BCUT2D eigenvalue weighted by molar-refractivity contribution is 14.0. The number of halogens is 4. The number of nitrogens with zero attached hydrogens (tertiary/aromatic N) is 3. The first-order chi connectivity index (χ1) is 12.5. The molecule has 1 aliphatic heterocycles. The summed E-state index contributed by atoms with van der Waals surface area (Å²) in [5.74, 6) is 0.524.